The summed E-state index contributed by atoms with van der Waals surface area (Å²) in [5.41, 5.74) is 0. The Morgan fingerprint density at radius 2 is 0.692 bits per heavy atom. The number of hydrogen-bond donors (Lipinski definition) is 0. The molecule has 0 aliphatic heterocycles. The van der Waals surface area contributed by atoms with Crippen molar-refractivity contribution in [1.82, 2.24) is 0 Å². The zero-order chi connectivity index (χ0) is 20.0. The largest absolute Gasteiger partial charge is 0.0730 e. The molecule has 0 aromatic heterocycles. The van der Waals surface area contributed by atoms with Crippen molar-refractivity contribution in [2.75, 3.05) is 0 Å². The van der Waals surface area contributed by atoms with E-state index in [9.17, 15) is 0 Å². The second-order valence-electron chi connectivity index (χ2n) is 9.51. The summed E-state index contributed by atoms with van der Waals surface area (Å²) in [6, 6.07) is 18.5. The maximum atomic E-state index is 3.61. The third-order valence-corrected chi connectivity index (χ3v) is 76.4. The van der Waals surface area contributed by atoms with Gasteiger partial charge in [-0.25, -0.2) is 0 Å². The molecule has 2 aromatic carbocycles. The van der Waals surface area contributed by atoms with Gasteiger partial charge in [-0.1, -0.05) is 119 Å². The van der Waals surface area contributed by atoms with Gasteiger partial charge in [0.15, 0.2) is 0 Å². The van der Waals surface area contributed by atoms with Gasteiger partial charge < -0.3 is 0 Å². The summed E-state index contributed by atoms with van der Waals surface area (Å²) in [5.74, 6) is 0. The van der Waals surface area contributed by atoms with Crippen LogP contribution in [-0.4, -0.2) is 29.4 Å². The van der Waals surface area contributed by atoms with Crippen LogP contribution in [0.5, 0.6) is 0 Å². The molecule has 0 radical (unpaired) electrons. The molecule has 0 heterocycles. The fraction of sp³-hybridized carbons (Fsp3) is 0.400. The van der Waals surface area contributed by atoms with Crippen molar-refractivity contribution in [3.8, 4) is 0 Å². The van der Waals surface area contributed by atoms with Gasteiger partial charge >= 0.3 is 0 Å². The van der Waals surface area contributed by atoms with Gasteiger partial charge in [-0.3, -0.25) is 0 Å². The van der Waals surface area contributed by atoms with Crippen molar-refractivity contribution >= 4 is 71.6 Å². The Morgan fingerprint density at radius 1 is 0.462 bits per heavy atom. The van der Waals surface area contributed by atoms with E-state index in [1.54, 1.807) is 10.4 Å². The van der Waals surface area contributed by atoms with Crippen LogP contribution in [0.3, 0.4) is 0 Å². The SMILES string of the molecule is C[Si](C)(c1ccc(Br)cc1)[Si](C)(C)[Si](C)(C)[Si](C)(C)c1ccc(Br)cc1. The predicted molar refractivity (Wildman–Crippen MR) is 137 cm³/mol. The smallest absolute Gasteiger partial charge is 0.0711 e. The lowest BCUT2D eigenvalue weighted by Crippen LogP contribution is -2.84. The summed E-state index contributed by atoms with van der Waals surface area (Å²) in [4.78, 5) is 0. The second-order valence-corrected chi connectivity index (χ2v) is 51.0. The average Bonchev–Trinajstić information content (AvgIpc) is 2.55. The van der Waals surface area contributed by atoms with Gasteiger partial charge in [-0.2, -0.15) is 0 Å². The molecule has 0 bridgehead atoms. The maximum Gasteiger partial charge on any atom is 0.0711 e. The van der Waals surface area contributed by atoms with E-state index in [0.29, 0.717) is 0 Å². The fourth-order valence-electron chi connectivity index (χ4n) is 4.02. The number of halogens is 2. The van der Waals surface area contributed by atoms with Crippen molar-refractivity contribution in [3.05, 3.63) is 57.5 Å². The van der Waals surface area contributed by atoms with E-state index in [2.05, 4.69) is 133 Å². The first-order chi connectivity index (χ1) is 11.7. The van der Waals surface area contributed by atoms with Crippen LogP contribution in [0.4, 0.5) is 0 Å². The minimum Gasteiger partial charge on any atom is -0.0730 e. The summed E-state index contributed by atoms with van der Waals surface area (Å²) in [6.45, 7) is 21.5. The highest BCUT2D eigenvalue weighted by Crippen LogP contribution is 2.35. The Hall–Kier alpha value is 0.268. The zero-order valence-corrected chi connectivity index (χ0v) is 24.5. The Bertz CT molecular complexity index is 696. The highest BCUT2D eigenvalue weighted by atomic mass is 79.9. The average molecular weight is 545 g/mol. The standard InChI is InChI=1S/C20H32Br2Si4/c1-23(2,19-13-9-17(21)10-14-19)25(5,6)26(7,8)24(3,4)20-15-11-18(22)12-16-20/h9-16H,1-8H3. The van der Waals surface area contributed by atoms with Gasteiger partial charge in [0.2, 0.25) is 0 Å². The van der Waals surface area contributed by atoms with Gasteiger partial charge in [0, 0.05) is 23.2 Å². The second kappa shape index (κ2) is 7.59. The van der Waals surface area contributed by atoms with Crippen LogP contribution in [0.2, 0.25) is 52.4 Å². The van der Waals surface area contributed by atoms with E-state index >= 15 is 0 Å². The molecule has 0 fully saturated rings. The zero-order valence-electron chi connectivity index (χ0n) is 17.4. The van der Waals surface area contributed by atoms with Crippen LogP contribution < -0.4 is 10.4 Å². The Morgan fingerprint density at radius 3 is 0.923 bits per heavy atom. The van der Waals surface area contributed by atoms with Gasteiger partial charge in [-0.15, -0.1) is 0 Å². The molecule has 0 saturated carbocycles. The lowest BCUT2D eigenvalue weighted by Gasteiger charge is -2.55. The Kier molecular flexibility index (Phi) is 6.59. The van der Waals surface area contributed by atoms with Crippen LogP contribution in [0.15, 0.2) is 57.5 Å². The first-order valence-electron chi connectivity index (χ1n) is 9.27. The third kappa shape index (κ3) is 3.74. The van der Waals surface area contributed by atoms with Gasteiger partial charge in [0.05, 0.1) is 15.2 Å². The fourth-order valence-corrected chi connectivity index (χ4v) is 73.4. The first-order valence-corrected chi connectivity index (χ1v) is 25.9. The van der Waals surface area contributed by atoms with Crippen molar-refractivity contribution in [2.45, 2.75) is 52.4 Å². The number of rotatable bonds is 5. The molecule has 0 amide bonds. The maximum absolute atomic E-state index is 3.61. The summed E-state index contributed by atoms with van der Waals surface area (Å²) >= 11 is 7.22. The molecule has 6 heteroatoms. The van der Waals surface area contributed by atoms with Gasteiger partial charge in [0.25, 0.3) is 0 Å². The summed E-state index contributed by atoms with van der Waals surface area (Å²) < 4.78 is 2.37. The lowest BCUT2D eigenvalue weighted by molar-refractivity contribution is 1.65. The van der Waals surface area contributed by atoms with Crippen molar-refractivity contribution in [1.29, 1.82) is 0 Å². The number of hydrogen-bond acceptors (Lipinski definition) is 0. The quantitative estimate of drug-likeness (QED) is 0.383. The van der Waals surface area contributed by atoms with E-state index in [0.717, 1.165) is 0 Å². The van der Waals surface area contributed by atoms with E-state index in [-0.39, 0.29) is 0 Å². The first kappa shape index (κ1) is 22.6. The topological polar surface area (TPSA) is 0 Å². The van der Waals surface area contributed by atoms with Crippen LogP contribution in [-0.2, 0) is 0 Å². The molecule has 0 N–H and O–H groups in total. The lowest BCUT2D eigenvalue weighted by atomic mass is 10.4. The van der Waals surface area contributed by atoms with Gasteiger partial charge in [-0.05, 0) is 24.3 Å². The third-order valence-electron chi connectivity index (χ3n) is 7.82. The minimum atomic E-state index is -1.51. The predicted octanol–water partition coefficient (Wildman–Crippen LogP) is 6.39. The summed E-state index contributed by atoms with van der Waals surface area (Å²) in [5, 5.41) is 3.28. The van der Waals surface area contributed by atoms with E-state index in [1.807, 2.05) is 0 Å². The molecule has 2 aromatic rings. The molecular formula is C20H32Br2Si4. The van der Waals surface area contributed by atoms with Crippen molar-refractivity contribution < 1.29 is 0 Å². The van der Waals surface area contributed by atoms with Gasteiger partial charge in [0.1, 0.15) is 0 Å². The van der Waals surface area contributed by atoms with E-state index in [1.165, 1.54) is 8.95 Å². The molecule has 0 aliphatic rings. The molecule has 142 valence electrons. The number of benzene rings is 2. The highest BCUT2D eigenvalue weighted by Gasteiger charge is 2.59. The van der Waals surface area contributed by atoms with Crippen LogP contribution in [0, 0.1) is 0 Å². The normalized spacial score (nSPS) is 13.8. The molecule has 0 unspecified atom stereocenters. The van der Waals surface area contributed by atoms with Crippen LogP contribution in [0.1, 0.15) is 0 Å². The molecular weight excluding hydrogens is 512 g/mol. The van der Waals surface area contributed by atoms with Crippen molar-refractivity contribution in [3.63, 3.8) is 0 Å². The van der Waals surface area contributed by atoms with E-state index < -0.39 is 29.4 Å². The molecule has 0 saturated heterocycles. The molecule has 0 nitrogen and oxygen atoms in total. The summed E-state index contributed by atoms with van der Waals surface area (Å²) in [6.07, 6.45) is 0. The highest BCUT2D eigenvalue weighted by molar-refractivity contribution is 9.10. The van der Waals surface area contributed by atoms with E-state index in [4.69, 9.17) is 0 Å². The Labute approximate surface area is 180 Å². The molecule has 0 aliphatic carbocycles. The molecule has 26 heavy (non-hydrogen) atoms. The summed E-state index contributed by atoms with van der Waals surface area (Å²) in [7, 11) is -5.90. The molecule has 0 atom stereocenters. The molecule has 0 spiro atoms. The molecule has 2 rings (SSSR count). The monoisotopic (exact) mass is 542 g/mol. The van der Waals surface area contributed by atoms with Crippen molar-refractivity contribution in [2.24, 2.45) is 0 Å². The minimum absolute atomic E-state index is 1.19. The van der Waals surface area contributed by atoms with Crippen LogP contribution >= 0.6 is 31.9 Å². The van der Waals surface area contributed by atoms with Crippen LogP contribution in [0.25, 0.3) is 0 Å². The Balaban J connectivity index is 2.53.